The number of H-pyrrole nitrogens is 1. The summed E-state index contributed by atoms with van der Waals surface area (Å²) in [6.07, 6.45) is 0. The van der Waals surface area contributed by atoms with Gasteiger partial charge in [-0.1, -0.05) is 11.6 Å². The fraction of sp³-hybridized carbons (Fsp3) is 0. The summed E-state index contributed by atoms with van der Waals surface area (Å²) in [5, 5.41) is 9.60. The van der Waals surface area contributed by atoms with Crippen molar-refractivity contribution < 1.29 is 5.11 Å². The Kier molecular flexibility index (Phi) is 1.73. The molecule has 0 amide bonds. The molecular weight excluding hydrogens is 243 g/mol. The summed E-state index contributed by atoms with van der Waals surface area (Å²) >= 11 is 8.97. The van der Waals surface area contributed by atoms with Crippen molar-refractivity contribution in [2.75, 3.05) is 0 Å². The molecule has 12 heavy (non-hydrogen) atoms. The number of aromatic amines is 1. The summed E-state index contributed by atoms with van der Waals surface area (Å²) in [5.74, 6) is 0.0895. The van der Waals surface area contributed by atoms with Crippen LogP contribution in [0.2, 0.25) is 5.02 Å². The van der Waals surface area contributed by atoms with Crippen LogP contribution in [0.3, 0.4) is 0 Å². The molecule has 2 heterocycles. The number of aromatic hydroxyl groups is 1. The zero-order chi connectivity index (χ0) is 8.72. The van der Waals surface area contributed by atoms with E-state index in [1.54, 1.807) is 6.07 Å². The monoisotopic (exact) mass is 246 g/mol. The third-order valence-corrected chi connectivity index (χ3v) is 2.62. The van der Waals surface area contributed by atoms with E-state index in [1.807, 2.05) is 0 Å². The van der Waals surface area contributed by atoms with Crippen molar-refractivity contribution in [3.63, 3.8) is 0 Å². The minimum Gasteiger partial charge on any atom is -0.495 e. The van der Waals surface area contributed by atoms with Crippen LogP contribution in [0.15, 0.2) is 16.7 Å². The second-order valence-corrected chi connectivity index (χ2v) is 3.51. The zero-order valence-electron chi connectivity index (χ0n) is 5.81. The number of pyridine rings is 1. The van der Waals surface area contributed by atoms with Gasteiger partial charge in [0.05, 0.1) is 16.1 Å². The SMILES string of the molecule is Oc1cc2nc(Br)c(Cl)cc2[nH]1. The van der Waals surface area contributed by atoms with Gasteiger partial charge < -0.3 is 10.1 Å². The van der Waals surface area contributed by atoms with Crippen molar-refractivity contribution in [2.45, 2.75) is 0 Å². The summed E-state index contributed by atoms with van der Waals surface area (Å²) in [5.41, 5.74) is 1.41. The largest absolute Gasteiger partial charge is 0.495 e. The Balaban J connectivity index is 2.83. The minimum absolute atomic E-state index is 0.0895. The van der Waals surface area contributed by atoms with Gasteiger partial charge in [-0.25, -0.2) is 4.98 Å². The van der Waals surface area contributed by atoms with Gasteiger partial charge in [-0.05, 0) is 22.0 Å². The van der Waals surface area contributed by atoms with Gasteiger partial charge in [0.25, 0.3) is 0 Å². The Morgan fingerprint density at radius 1 is 1.50 bits per heavy atom. The van der Waals surface area contributed by atoms with Crippen molar-refractivity contribution in [3.8, 4) is 5.88 Å². The second kappa shape index (κ2) is 2.64. The molecule has 2 aromatic heterocycles. The predicted molar refractivity (Wildman–Crippen MR) is 50.5 cm³/mol. The molecule has 62 valence electrons. The van der Waals surface area contributed by atoms with Crippen LogP contribution < -0.4 is 0 Å². The van der Waals surface area contributed by atoms with Crippen LogP contribution in [0.4, 0.5) is 0 Å². The quantitative estimate of drug-likeness (QED) is 0.703. The first-order valence-corrected chi connectivity index (χ1v) is 4.37. The van der Waals surface area contributed by atoms with Gasteiger partial charge in [0.2, 0.25) is 0 Å². The van der Waals surface area contributed by atoms with Gasteiger partial charge in [0.1, 0.15) is 4.60 Å². The third kappa shape index (κ3) is 1.17. The van der Waals surface area contributed by atoms with E-state index in [1.165, 1.54) is 6.07 Å². The molecule has 0 aliphatic heterocycles. The molecule has 0 radical (unpaired) electrons. The summed E-state index contributed by atoms with van der Waals surface area (Å²) < 4.78 is 0.579. The molecule has 5 heteroatoms. The Morgan fingerprint density at radius 3 is 3.00 bits per heavy atom. The fourth-order valence-corrected chi connectivity index (χ4v) is 1.45. The molecule has 3 nitrogen and oxygen atoms in total. The average Bonchev–Trinajstić information content (AvgIpc) is 2.30. The van der Waals surface area contributed by atoms with Gasteiger partial charge in [-0.3, -0.25) is 0 Å². The van der Waals surface area contributed by atoms with E-state index in [4.69, 9.17) is 16.7 Å². The summed E-state index contributed by atoms with van der Waals surface area (Å²) in [4.78, 5) is 6.80. The van der Waals surface area contributed by atoms with Crippen LogP contribution in [0.25, 0.3) is 11.0 Å². The van der Waals surface area contributed by atoms with E-state index < -0.39 is 0 Å². The van der Waals surface area contributed by atoms with Crippen molar-refractivity contribution in [1.82, 2.24) is 9.97 Å². The molecule has 0 saturated heterocycles. The molecule has 0 aliphatic rings. The van der Waals surface area contributed by atoms with Crippen molar-refractivity contribution in [2.24, 2.45) is 0 Å². The average molecular weight is 247 g/mol. The molecule has 0 fully saturated rings. The standard InChI is InChI=1S/C7H4BrClN2O/c8-7-3(9)1-4-5(11-7)2-6(12)10-4/h1-2,10,12H. The Labute approximate surface area is 81.5 Å². The predicted octanol–water partition coefficient (Wildman–Crippen LogP) is 2.68. The highest BCUT2D eigenvalue weighted by atomic mass is 79.9. The molecule has 0 atom stereocenters. The summed E-state index contributed by atoms with van der Waals surface area (Å²) in [6, 6.07) is 3.24. The lowest BCUT2D eigenvalue weighted by Gasteiger charge is -1.93. The lowest BCUT2D eigenvalue weighted by Crippen LogP contribution is -1.77. The van der Waals surface area contributed by atoms with Crippen LogP contribution in [-0.2, 0) is 0 Å². The first-order chi connectivity index (χ1) is 5.66. The number of nitrogens with one attached hydrogen (secondary N) is 1. The van der Waals surface area contributed by atoms with Crippen LogP contribution in [0.5, 0.6) is 5.88 Å². The lowest BCUT2D eigenvalue weighted by molar-refractivity contribution is 0.458. The second-order valence-electron chi connectivity index (χ2n) is 2.35. The molecule has 0 aliphatic carbocycles. The van der Waals surface area contributed by atoms with Gasteiger partial charge in [-0.15, -0.1) is 0 Å². The first kappa shape index (κ1) is 7.89. The highest BCUT2D eigenvalue weighted by molar-refractivity contribution is 9.10. The molecule has 2 N–H and O–H groups in total. The van der Waals surface area contributed by atoms with Crippen molar-refractivity contribution in [1.29, 1.82) is 0 Å². The van der Waals surface area contributed by atoms with Crippen LogP contribution in [-0.4, -0.2) is 15.1 Å². The van der Waals surface area contributed by atoms with E-state index in [0.717, 1.165) is 5.52 Å². The smallest absolute Gasteiger partial charge is 0.190 e. The van der Waals surface area contributed by atoms with Gasteiger partial charge in [0, 0.05) is 6.07 Å². The topological polar surface area (TPSA) is 48.9 Å². The molecule has 0 bridgehead atoms. The Bertz CT molecular complexity index is 401. The van der Waals surface area contributed by atoms with Crippen LogP contribution in [0.1, 0.15) is 0 Å². The zero-order valence-corrected chi connectivity index (χ0v) is 8.15. The maximum absolute atomic E-state index is 9.08. The number of hydrogen-bond acceptors (Lipinski definition) is 2. The maximum Gasteiger partial charge on any atom is 0.190 e. The number of fused-ring (bicyclic) bond motifs is 1. The molecule has 2 rings (SSSR count). The Hall–Kier alpha value is -0.740. The molecule has 2 aromatic rings. The van der Waals surface area contributed by atoms with Gasteiger partial charge in [-0.2, -0.15) is 0 Å². The number of rotatable bonds is 0. The highest BCUT2D eigenvalue weighted by Crippen LogP contribution is 2.26. The molecule has 0 spiro atoms. The van der Waals surface area contributed by atoms with E-state index in [-0.39, 0.29) is 5.88 Å². The van der Waals surface area contributed by atoms with Crippen LogP contribution in [0, 0.1) is 0 Å². The number of nitrogens with zero attached hydrogens (tertiary/aromatic N) is 1. The summed E-state index contributed by atoms with van der Waals surface area (Å²) in [6.45, 7) is 0. The normalized spacial score (nSPS) is 10.8. The fourth-order valence-electron chi connectivity index (χ4n) is 0.993. The number of halogens is 2. The highest BCUT2D eigenvalue weighted by Gasteiger charge is 2.04. The van der Waals surface area contributed by atoms with Gasteiger partial charge >= 0.3 is 0 Å². The number of aromatic nitrogens is 2. The molecule has 0 aromatic carbocycles. The van der Waals surface area contributed by atoms with Crippen LogP contribution >= 0.6 is 27.5 Å². The molecule has 0 unspecified atom stereocenters. The van der Waals surface area contributed by atoms with E-state index in [2.05, 4.69) is 25.9 Å². The van der Waals surface area contributed by atoms with Crippen molar-refractivity contribution >= 4 is 38.6 Å². The Morgan fingerprint density at radius 2 is 2.25 bits per heavy atom. The maximum atomic E-state index is 9.08. The minimum atomic E-state index is 0.0895. The summed E-state index contributed by atoms with van der Waals surface area (Å²) in [7, 11) is 0. The molecule has 0 saturated carbocycles. The van der Waals surface area contributed by atoms with E-state index in [0.29, 0.717) is 15.1 Å². The van der Waals surface area contributed by atoms with Gasteiger partial charge in [0.15, 0.2) is 5.88 Å². The van der Waals surface area contributed by atoms with E-state index in [9.17, 15) is 0 Å². The third-order valence-electron chi connectivity index (χ3n) is 1.50. The van der Waals surface area contributed by atoms with E-state index >= 15 is 0 Å². The molecular formula is C7H4BrClN2O. The first-order valence-electron chi connectivity index (χ1n) is 3.20. The number of hydrogen-bond donors (Lipinski definition) is 2. The lowest BCUT2D eigenvalue weighted by atomic mass is 10.4. The van der Waals surface area contributed by atoms with Crippen molar-refractivity contribution in [3.05, 3.63) is 21.8 Å².